The highest BCUT2D eigenvalue weighted by Crippen LogP contribution is 2.52. The van der Waals surface area contributed by atoms with Crippen LogP contribution < -0.4 is 9.64 Å². The molecule has 2 aromatic rings. The van der Waals surface area contributed by atoms with Crippen LogP contribution in [-0.2, 0) is 9.59 Å². The Morgan fingerprint density at radius 2 is 1.65 bits per heavy atom. The number of hydrogen-bond donors (Lipinski definition) is 0. The highest BCUT2D eigenvalue weighted by molar-refractivity contribution is 8.17. The summed E-state index contributed by atoms with van der Waals surface area (Å²) in [4.78, 5) is 36.5. The van der Waals surface area contributed by atoms with Crippen molar-refractivity contribution in [3.63, 3.8) is 0 Å². The number of para-hydroxylation sites is 1. The van der Waals surface area contributed by atoms with Gasteiger partial charge < -0.3 is 9.64 Å². The summed E-state index contributed by atoms with van der Waals surface area (Å²) in [5.74, 6) is -0.757. The molecule has 1 aliphatic carbocycles. The number of carbonyl (C=O) groups is 2. The summed E-state index contributed by atoms with van der Waals surface area (Å²) in [6, 6.07) is 16.6. The van der Waals surface area contributed by atoms with Crippen LogP contribution in [-0.4, -0.2) is 49.1 Å². The van der Waals surface area contributed by atoms with Gasteiger partial charge in [-0.3, -0.25) is 14.6 Å². The van der Waals surface area contributed by atoms with Crippen LogP contribution in [0.15, 0.2) is 70.6 Å². The van der Waals surface area contributed by atoms with Crippen LogP contribution in [0.4, 0.5) is 5.69 Å². The van der Waals surface area contributed by atoms with E-state index < -0.39 is 11.8 Å². The average molecular weight is 434 g/mol. The number of imide groups is 1. The van der Waals surface area contributed by atoms with Gasteiger partial charge in [-0.1, -0.05) is 48.2 Å². The molecule has 5 rings (SSSR count). The Morgan fingerprint density at radius 1 is 0.968 bits per heavy atom. The fourth-order valence-corrected chi connectivity index (χ4v) is 5.73. The second-order valence-electron chi connectivity index (χ2n) is 8.12. The van der Waals surface area contributed by atoms with Crippen molar-refractivity contribution in [1.29, 1.82) is 0 Å². The number of carbonyl (C=O) groups excluding carboxylic acids is 2. The molecular weight excluding hydrogens is 410 g/mol. The van der Waals surface area contributed by atoms with E-state index in [0.717, 1.165) is 21.4 Å². The lowest BCUT2D eigenvalue weighted by Crippen LogP contribution is -2.36. The SMILES string of the molecule is COc1ccc([C@@H]2C=C3SC(N(C)C)=N[C@@H]3[C@@H]3C(=O)N(c4ccccc4)C(=O)[C@@H]32)cc1. The zero-order chi connectivity index (χ0) is 21.7. The third-order valence-electron chi connectivity index (χ3n) is 6.12. The average Bonchev–Trinajstić information content (AvgIpc) is 3.33. The Morgan fingerprint density at radius 3 is 2.29 bits per heavy atom. The topological polar surface area (TPSA) is 62.2 Å². The smallest absolute Gasteiger partial charge is 0.240 e. The molecule has 6 nitrogen and oxygen atoms in total. The fourth-order valence-electron chi connectivity index (χ4n) is 4.64. The number of fused-ring (bicyclic) bond motifs is 3. The van der Waals surface area contributed by atoms with Crippen LogP contribution in [0.1, 0.15) is 11.5 Å². The van der Waals surface area contributed by atoms with Gasteiger partial charge >= 0.3 is 0 Å². The first-order chi connectivity index (χ1) is 15.0. The quantitative estimate of drug-likeness (QED) is 0.693. The highest BCUT2D eigenvalue weighted by atomic mass is 32.2. The number of rotatable bonds is 3. The first-order valence-corrected chi connectivity index (χ1v) is 11.0. The number of ether oxygens (including phenoxy) is 1. The number of allylic oxidation sites excluding steroid dienone is 1. The summed E-state index contributed by atoms with van der Waals surface area (Å²) in [6.07, 6.45) is 2.14. The van der Waals surface area contributed by atoms with Gasteiger partial charge in [-0.2, -0.15) is 0 Å². The molecule has 1 saturated heterocycles. The van der Waals surface area contributed by atoms with Gasteiger partial charge in [-0.25, -0.2) is 4.90 Å². The van der Waals surface area contributed by atoms with Crippen molar-refractivity contribution in [2.24, 2.45) is 16.8 Å². The summed E-state index contributed by atoms with van der Waals surface area (Å²) in [5.41, 5.74) is 1.61. The Hall–Kier alpha value is -3.06. The molecule has 1 fully saturated rings. The lowest BCUT2D eigenvalue weighted by molar-refractivity contribution is -0.122. The van der Waals surface area contributed by atoms with E-state index in [-0.39, 0.29) is 23.8 Å². The minimum Gasteiger partial charge on any atom is -0.497 e. The number of anilines is 1. The number of aliphatic imine (C=N–C) groups is 1. The van der Waals surface area contributed by atoms with E-state index in [0.29, 0.717) is 5.69 Å². The molecule has 7 heteroatoms. The number of amidine groups is 1. The molecule has 2 aromatic carbocycles. The second kappa shape index (κ2) is 7.57. The summed E-state index contributed by atoms with van der Waals surface area (Å²) in [7, 11) is 5.52. The molecule has 0 spiro atoms. The van der Waals surface area contributed by atoms with Gasteiger partial charge in [-0.15, -0.1) is 0 Å². The normalized spacial score (nSPS) is 26.9. The van der Waals surface area contributed by atoms with Crippen LogP contribution >= 0.6 is 11.8 Å². The van der Waals surface area contributed by atoms with E-state index in [1.807, 2.05) is 73.6 Å². The Balaban J connectivity index is 1.62. The molecule has 0 unspecified atom stereocenters. The molecule has 2 amide bonds. The van der Waals surface area contributed by atoms with Crippen LogP contribution in [0.25, 0.3) is 0 Å². The summed E-state index contributed by atoms with van der Waals surface area (Å²) >= 11 is 1.59. The van der Waals surface area contributed by atoms with Crippen molar-refractivity contribution in [2.75, 3.05) is 26.1 Å². The molecule has 31 heavy (non-hydrogen) atoms. The Labute approximate surface area is 185 Å². The highest BCUT2D eigenvalue weighted by Gasteiger charge is 2.58. The lowest BCUT2D eigenvalue weighted by atomic mass is 9.72. The monoisotopic (exact) mass is 433 g/mol. The molecule has 0 bridgehead atoms. The maximum absolute atomic E-state index is 13.6. The van der Waals surface area contributed by atoms with Crippen molar-refractivity contribution in [1.82, 2.24) is 4.90 Å². The third kappa shape index (κ3) is 3.15. The van der Waals surface area contributed by atoms with Crippen LogP contribution in [0.3, 0.4) is 0 Å². The van der Waals surface area contributed by atoms with Gasteiger partial charge in [0.25, 0.3) is 0 Å². The van der Waals surface area contributed by atoms with Gasteiger partial charge in [0.15, 0.2) is 5.17 Å². The zero-order valence-corrected chi connectivity index (χ0v) is 18.4. The van der Waals surface area contributed by atoms with Crippen molar-refractivity contribution in [2.45, 2.75) is 12.0 Å². The first-order valence-electron chi connectivity index (χ1n) is 10.2. The first kappa shape index (κ1) is 19.9. The lowest BCUT2D eigenvalue weighted by Gasteiger charge is -2.31. The number of amides is 2. The number of methoxy groups -OCH3 is 1. The van der Waals surface area contributed by atoms with Gasteiger partial charge in [-0.05, 0) is 29.8 Å². The molecule has 158 valence electrons. The van der Waals surface area contributed by atoms with Crippen LogP contribution in [0, 0.1) is 11.8 Å². The maximum Gasteiger partial charge on any atom is 0.240 e. The maximum atomic E-state index is 13.6. The molecule has 0 radical (unpaired) electrons. The number of nitrogens with zero attached hydrogens (tertiary/aromatic N) is 3. The predicted octanol–water partition coefficient (Wildman–Crippen LogP) is 3.52. The van der Waals surface area contributed by atoms with Crippen LogP contribution in [0.2, 0.25) is 0 Å². The molecule has 0 N–H and O–H groups in total. The molecule has 0 saturated carbocycles. The van der Waals surface area contributed by atoms with E-state index in [2.05, 4.69) is 6.08 Å². The molecule has 2 heterocycles. The summed E-state index contributed by atoms with van der Waals surface area (Å²) in [6.45, 7) is 0. The van der Waals surface area contributed by atoms with E-state index in [4.69, 9.17) is 9.73 Å². The second-order valence-corrected chi connectivity index (χ2v) is 9.16. The fraction of sp³-hybridized carbons (Fsp3) is 0.292. The predicted molar refractivity (Wildman–Crippen MR) is 122 cm³/mol. The summed E-state index contributed by atoms with van der Waals surface area (Å²) < 4.78 is 5.29. The van der Waals surface area contributed by atoms with E-state index in [9.17, 15) is 9.59 Å². The Kier molecular flexibility index (Phi) is 4.85. The van der Waals surface area contributed by atoms with Crippen LogP contribution in [0.5, 0.6) is 5.75 Å². The third-order valence-corrected chi connectivity index (χ3v) is 7.38. The molecule has 2 aliphatic heterocycles. The van der Waals surface area contributed by atoms with Crippen molar-refractivity contribution in [3.8, 4) is 5.75 Å². The van der Waals surface area contributed by atoms with E-state index in [1.54, 1.807) is 18.9 Å². The van der Waals surface area contributed by atoms with Crippen molar-refractivity contribution < 1.29 is 14.3 Å². The molecule has 0 aromatic heterocycles. The minimum atomic E-state index is -0.509. The molecule has 3 aliphatic rings. The molecular formula is C24H23N3O3S. The standard InChI is InChI=1S/C24H23N3O3S/c1-26(2)24-25-21-18(31-24)13-17(14-9-11-16(30-3)12-10-14)19-20(21)23(29)27(22(19)28)15-7-5-4-6-8-15/h4-13,17,19-21H,1-3H3/t17-,19+,20+,21-/m0/s1. The van der Waals surface area contributed by atoms with Crippen molar-refractivity contribution in [3.05, 3.63) is 71.1 Å². The molecule has 4 atom stereocenters. The minimum absolute atomic E-state index is 0.157. The van der Waals surface area contributed by atoms with Crippen molar-refractivity contribution >= 4 is 34.4 Å². The summed E-state index contributed by atoms with van der Waals surface area (Å²) in [5, 5.41) is 0.865. The van der Waals surface area contributed by atoms with E-state index in [1.165, 1.54) is 4.90 Å². The zero-order valence-electron chi connectivity index (χ0n) is 17.6. The van der Waals surface area contributed by atoms with Gasteiger partial charge in [0.2, 0.25) is 11.8 Å². The van der Waals surface area contributed by atoms with Gasteiger partial charge in [0.1, 0.15) is 5.75 Å². The van der Waals surface area contributed by atoms with Gasteiger partial charge in [0.05, 0.1) is 30.7 Å². The Bertz CT molecular complexity index is 1090. The van der Waals surface area contributed by atoms with Gasteiger partial charge in [0, 0.05) is 24.9 Å². The van der Waals surface area contributed by atoms with E-state index >= 15 is 0 Å². The number of hydrogen-bond acceptors (Lipinski definition) is 6. The largest absolute Gasteiger partial charge is 0.497 e. The number of thioether (sulfide) groups is 1. The number of benzene rings is 2.